The summed E-state index contributed by atoms with van der Waals surface area (Å²) >= 11 is 2.19. The van der Waals surface area contributed by atoms with Crippen LogP contribution in [0.25, 0.3) is 0 Å². The lowest BCUT2D eigenvalue weighted by Crippen LogP contribution is -2.41. The average molecular weight is 475 g/mol. The standard InChI is InChI=1S/C20H18IN3O3/c1-14-11-16(21)7-8-17(14)22-18(25)13-24-19(26)9-10-23(20(24)27)12-15-5-3-2-4-6-15/h2-11H,12-13H2,1H3,(H,22,25). The summed E-state index contributed by atoms with van der Waals surface area (Å²) in [4.78, 5) is 37.1. The summed E-state index contributed by atoms with van der Waals surface area (Å²) in [6.45, 7) is 1.88. The Balaban J connectivity index is 1.81. The van der Waals surface area contributed by atoms with E-state index in [1.165, 1.54) is 16.8 Å². The number of amides is 1. The van der Waals surface area contributed by atoms with Crippen molar-refractivity contribution in [1.29, 1.82) is 0 Å². The molecule has 138 valence electrons. The van der Waals surface area contributed by atoms with Crippen molar-refractivity contribution < 1.29 is 4.79 Å². The molecule has 0 unspecified atom stereocenters. The van der Waals surface area contributed by atoms with Crippen LogP contribution in [0.5, 0.6) is 0 Å². The first-order valence-corrected chi connectivity index (χ1v) is 9.42. The fraction of sp³-hybridized carbons (Fsp3) is 0.150. The number of carbonyl (C=O) groups is 1. The zero-order valence-corrected chi connectivity index (χ0v) is 16.8. The summed E-state index contributed by atoms with van der Waals surface area (Å²) in [6, 6.07) is 16.4. The minimum atomic E-state index is -0.513. The van der Waals surface area contributed by atoms with Crippen LogP contribution >= 0.6 is 22.6 Å². The van der Waals surface area contributed by atoms with Gasteiger partial charge in [0.1, 0.15) is 6.54 Å². The van der Waals surface area contributed by atoms with Crippen LogP contribution in [0.3, 0.4) is 0 Å². The topological polar surface area (TPSA) is 73.1 Å². The molecule has 0 atom stereocenters. The Bertz CT molecular complexity index is 1090. The van der Waals surface area contributed by atoms with Gasteiger partial charge in [-0.15, -0.1) is 0 Å². The summed E-state index contributed by atoms with van der Waals surface area (Å²) in [7, 11) is 0. The fourth-order valence-corrected chi connectivity index (χ4v) is 3.35. The van der Waals surface area contributed by atoms with E-state index in [0.29, 0.717) is 12.2 Å². The van der Waals surface area contributed by atoms with Crippen LogP contribution in [0, 0.1) is 10.5 Å². The van der Waals surface area contributed by atoms with Crippen LogP contribution in [0.1, 0.15) is 11.1 Å². The molecule has 1 N–H and O–H groups in total. The highest BCUT2D eigenvalue weighted by atomic mass is 127. The highest BCUT2D eigenvalue weighted by Gasteiger charge is 2.11. The monoisotopic (exact) mass is 475 g/mol. The van der Waals surface area contributed by atoms with E-state index in [0.717, 1.165) is 19.3 Å². The lowest BCUT2D eigenvalue weighted by atomic mass is 10.2. The fourth-order valence-electron chi connectivity index (χ4n) is 2.70. The molecule has 0 spiro atoms. The molecule has 7 heteroatoms. The second kappa shape index (κ2) is 8.34. The number of anilines is 1. The molecule has 0 aliphatic heterocycles. The quantitative estimate of drug-likeness (QED) is 0.577. The van der Waals surface area contributed by atoms with E-state index in [9.17, 15) is 14.4 Å². The first-order valence-electron chi connectivity index (χ1n) is 8.34. The number of hydrogen-bond acceptors (Lipinski definition) is 3. The Morgan fingerprint density at radius 1 is 1.07 bits per heavy atom. The summed E-state index contributed by atoms with van der Waals surface area (Å²) in [5.74, 6) is -0.420. The SMILES string of the molecule is Cc1cc(I)ccc1NC(=O)Cn1c(=O)ccn(Cc2ccccc2)c1=O. The average Bonchev–Trinajstić information content (AvgIpc) is 2.64. The molecule has 0 fully saturated rings. The van der Waals surface area contributed by atoms with E-state index in [4.69, 9.17) is 0 Å². The van der Waals surface area contributed by atoms with Crippen molar-refractivity contribution in [3.05, 3.63) is 96.3 Å². The summed E-state index contributed by atoms with van der Waals surface area (Å²) in [6.07, 6.45) is 1.45. The summed E-state index contributed by atoms with van der Waals surface area (Å²) < 4.78 is 3.42. The molecular formula is C20H18IN3O3. The Morgan fingerprint density at radius 2 is 1.81 bits per heavy atom. The second-order valence-corrected chi connectivity index (χ2v) is 7.39. The number of nitrogens with zero attached hydrogens (tertiary/aromatic N) is 2. The number of halogens is 1. The van der Waals surface area contributed by atoms with Crippen molar-refractivity contribution in [2.75, 3.05) is 5.32 Å². The van der Waals surface area contributed by atoms with E-state index in [-0.39, 0.29) is 6.54 Å². The first-order chi connectivity index (χ1) is 12.9. The Kier molecular flexibility index (Phi) is 5.90. The predicted molar refractivity (Wildman–Crippen MR) is 113 cm³/mol. The number of carbonyl (C=O) groups excluding carboxylic acids is 1. The first kappa shape index (κ1) is 19.1. The van der Waals surface area contributed by atoms with Gasteiger partial charge in [-0.3, -0.25) is 18.7 Å². The van der Waals surface area contributed by atoms with Gasteiger partial charge in [0, 0.05) is 21.5 Å². The molecule has 0 bridgehead atoms. The maximum Gasteiger partial charge on any atom is 0.331 e. The summed E-state index contributed by atoms with van der Waals surface area (Å²) in [5, 5.41) is 2.76. The van der Waals surface area contributed by atoms with Gasteiger partial charge < -0.3 is 5.32 Å². The zero-order valence-electron chi connectivity index (χ0n) is 14.7. The highest BCUT2D eigenvalue weighted by Crippen LogP contribution is 2.17. The lowest BCUT2D eigenvalue weighted by molar-refractivity contribution is -0.116. The van der Waals surface area contributed by atoms with Crippen molar-refractivity contribution in [2.24, 2.45) is 0 Å². The van der Waals surface area contributed by atoms with Gasteiger partial charge in [0.05, 0.1) is 6.54 Å². The smallest absolute Gasteiger partial charge is 0.324 e. The van der Waals surface area contributed by atoms with Crippen molar-refractivity contribution in [3.8, 4) is 0 Å². The number of benzene rings is 2. The van der Waals surface area contributed by atoms with Gasteiger partial charge in [0.2, 0.25) is 5.91 Å². The Labute approximate surface area is 169 Å². The van der Waals surface area contributed by atoms with Gasteiger partial charge in [-0.2, -0.15) is 0 Å². The van der Waals surface area contributed by atoms with E-state index in [1.54, 1.807) is 6.07 Å². The third kappa shape index (κ3) is 4.73. The third-order valence-electron chi connectivity index (χ3n) is 4.10. The molecule has 1 aromatic heterocycles. The van der Waals surface area contributed by atoms with Crippen LogP contribution in [0.2, 0.25) is 0 Å². The van der Waals surface area contributed by atoms with Crippen molar-refractivity contribution in [3.63, 3.8) is 0 Å². The molecule has 3 aromatic rings. The number of hydrogen-bond donors (Lipinski definition) is 1. The molecular weight excluding hydrogens is 457 g/mol. The van der Waals surface area contributed by atoms with E-state index < -0.39 is 17.2 Å². The van der Waals surface area contributed by atoms with E-state index >= 15 is 0 Å². The molecule has 1 heterocycles. The minimum absolute atomic E-state index is 0.331. The van der Waals surface area contributed by atoms with Crippen LogP contribution in [-0.2, 0) is 17.9 Å². The molecule has 0 saturated heterocycles. The number of rotatable bonds is 5. The van der Waals surface area contributed by atoms with Gasteiger partial charge in [0.25, 0.3) is 5.56 Å². The van der Waals surface area contributed by atoms with Gasteiger partial charge in [0.15, 0.2) is 0 Å². The molecule has 1 amide bonds. The number of aryl methyl sites for hydroxylation is 1. The summed E-state index contributed by atoms with van der Waals surface area (Å²) in [5.41, 5.74) is 1.49. The highest BCUT2D eigenvalue weighted by molar-refractivity contribution is 14.1. The second-order valence-electron chi connectivity index (χ2n) is 6.14. The third-order valence-corrected chi connectivity index (χ3v) is 4.77. The number of nitrogens with one attached hydrogen (secondary N) is 1. The largest absolute Gasteiger partial charge is 0.331 e. The molecule has 2 aromatic carbocycles. The van der Waals surface area contributed by atoms with Crippen LogP contribution in [0.15, 0.2) is 70.4 Å². The van der Waals surface area contributed by atoms with Crippen molar-refractivity contribution in [1.82, 2.24) is 9.13 Å². The molecule has 0 radical (unpaired) electrons. The molecule has 0 aliphatic rings. The normalized spacial score (nSPS) is 10.6. The lowest BCUT2D eigenvalue weighted by Gasteiger charge is -2.11. The maximum absolute atomic E-state index is 12.6. The van der Waals surface area contributed by atoms with Crippen molar-refractivity contribution >= 4 is 34.2 Å². The predicted octanol–water partition coefficient (Wildman–Crippen LogP) is 2.61. The zero-order chi connectivity index (χ0) is 19.4. The van der Waals surface area contributed by atoms with Crippen molar-refractivity contribution in [2.45, 2.75) is 20.0 Å². The van der Waals surface area contributed by atoms with E-state index in [2.05, 4.69) is 27.9 Å². The molecule has 0 saturated carbocycles. The van der Waals surface area contributed by atoms with Gasteiger partial charge in [-0.05, 0) is 58.8 Å². The molecule has 0 aliphatic carbocycles. The van der Waals surface area contributed by atoms with Crippen LogP contribution in [0.4, 0.5) is 5.69 Å². The Morgan fingerprint density at radius 3 is 2.52 bits per heavy atom. The van der Waals surface area contributed by atoms with Gasteiger partial charge >= 0.3 is 5.69 Å². The van der Waals surface area contributed by atoms with Gasteiger partial charge in [-0.25, -0.2) is 4.79 Å². The van der Waals surface area contributed by atoms with Crippen LogP contribution in [-0.4, -0.2) is 15.0 Å². The molecule has 3 rings (SSSR count). The van der Waals surface area contributed by atoms with E-state index in [1.807, 2.05) is 49.4 Å². The number of aromatic nitrogens is 2. The Hall–Kier alpha value is -2.68. The van der Waals surface area contributed by atoms with Crippen LogP contribution < -0.4 is 16.6 Å². The maximum atomic E-state index is 12.6. The molecule has 6 nitrogen and oxygen atoms in total. The van der Waals surface area contributed by atoms with Gasteiger partial charge in [-0.1, -0.05) is 30.3 Å². The molecule has 27 heavy (non-hydrogen) atoms. The minimum Gasteiger partial charge on any atom is -0.324 e.